The molecule has 0 radical (unpaired) electrons. The molecule has 1 fully saturated rings. The number of nitrogens with one attached hydrogen (secondary N) is 1. The summed E-state index contributed by atoms with van der Waals surface area (Å²) < 4.78 is 0. The van der Waals surface area contributed by atoms with Crippen LogP contribution in [0.25, 0.3) is 0 Å². The predicted octanol–water partition coefficient (Wildman–Crippen LogP) is 3.98. The lowest BCUT2D eigenvalue weighted by molar-refractivity contribution is 0.249. The van der Waals surface area contributed by atoms with Crippen LogP contribution in [0.5, 0.6) is 0 Å². The van der Waals surface area contributed by atoms with Crippen LogP contribution in [0.3, 0.4) is 0 Å². The Kier molecular flexibility index (Phi) is 5.71. The van der Waals surface area contributed by atoms with Crippen molar-refractivity contribution >= 4 is 11.8 Å². The van der Waals surface area contributed by atoms with E-state index < -0.39 is 0 Å². The van der Waals surface area contributed by atoms with E-state index in [9.17, 15) is 0 Å². The molecule has 0 saturated heterocycles. The van der Waals surface area contributed by atoms with Crippen molar-refractivity contribution in [3.8, 4) is 0 Å². The fourth-order valence-electron chi connectivity index (χ4n) is 3.13. The summed E-state index contributed by atoms with van der Waals surface area (Å²) in [7, 11) is 0. The molecule has 1 aromatic rings. The fraction of sp³-hybridized carbons (Fsp3) is 0.688. The molecule has 0 aliphatic heterocycles. The van der Waals surface area contributed by atoms with Gasteiger partial charge in [0.15, 0.2) is 0 Å². The number of pyridine rings is 1. The maximum absolute atomic E-state index is 4.11. The predicted molar refractivity (Wildman–Crippen MR) is 83.5 cm³/mol. The zero-order valence-corrected chi connectivity index (χ0v) is 13.1. The van der Waals surface area contributed by atoms with Crippen LogP contribution in [-0.4, -0.2) is 22.8 Å². The van der Waals surface area contributed by atoms with Crippen molar-refractivity contribution in [1.29, 1.82) is 0 Å². The van der Waals surface area contributed by atoms with Crippen LogP contribution in [0.4, 0.5) is 0 Å². The fourth-order valence-corrected chi connectivity index (χ4v) is 4.44. The largest absolute Gasteiger partial charge is 0.313 e. The quantitative estimate of drug-likeness (QED) is 0.882. The van der Waals surface area contributed by atoms with Crippen LogP contribution in [-0.2, 0) is 0 Å². The van der Waals surface area contributed by atoms with Crippen molar-refractivity contribution in [1.82, 2.24) is 10.3 Å². The Bertz CT molecular complexity index is 368. The first kappa shape index (κ1) is 14.9. The molecule has 0 spiro atoms. The summed E-state index contributed by atoms with van der Waals surface area (Å²) in [5.74, 6) is 1.62. The van der Waals surface area contributed by atoms with Crippen LogP contribution in [0, 0.1) is 11.8 Å². The van der Waals surface area contributed by atoms with Gasteiger partial charge in [-0.25, -0.2) is 0 Å². The number of hydrogen-bond donors (Lipinski definition) is 1. The van der Waals surface area contributed by atoms with Crippen molar-refractivity contribution < 1.29 is 0 Å². The van der Waals surface area contributed by atoms with Gasteiger partial charge in [0, 0.05) is 28.6 Å². The highest BCUT2D eigenvalue weighted by atomic mass is 32.2. The SMILES string of the molecule is CCCNC1CC(C)CC(C)C1Sc1ccncc1. The number of nitrogens with zero attached hydrogens (tertiary/aromatic N) is 1. The molecule has 0 aromatic carbocycles. The minimum absolute atomic E-state index is 0.650. The van der Waals surface area contributed by atoms with Crippen molar-refractivity contribution in [2.24, 2.45) is 11.8 Å². The Morgan fingerprint density at radius 2 is 2.00 bits per heavy atom. The summed E-state index contributed by atoms with van der Waals surface area (Å²) in [6, 6.07) is 4.91. The van der Waals surface area contributed by atoms with Gasteiger partial charge < -0.3 is 5.32 Å². The van der Waals surface area contributed by atoms with Crippen LogP contribution < -0.4 is 5.32 Å². The molecule has 1 N–H and O–H groups in total. The highest BCUT2D eigenvalue weighted by Gasteiger charge is 2.34. The zero-order valence-electron chi connectivity index (χ0n) is 12.3. The van der Waals surface area contributed by atoms with Gasteiger partial charge in [-0.2, -0.15) is 0 Å². The molecule has 4 unspecified atom stereocenters. The van der Waals surface area contributed by atoms with Crippen molar-refractivity contribution in [2.45, 2.75) is 56.2 Å². The monoisotopic (exact) mass is 278 g/mol. The molecular weight excluding hydrogens is 252 g/mol. The van der Waals surface area contributed by atoms with Gasteiger partial charge in [0.2, 0.25) is 0 Å². The molecule has 1 aliphatic carbocycles. The third-order valence-electron chi connectivity index (χ3n) is 3.97. The average Bonchev–Trinajstić information content (AvgIpc) is 2.41. The van der Waals surface area contributed by atoms with Crippen LogP contribution in [0.2, 0.25) is 0 Å². The molecule has 2 nitrogen and oxygen atoms in total. The molecule has 1 aromatic heterocycles. The van der Waals surface area contributed by atoms with E-state index in [1.807, 2.05) is 24.2 Å². The first-order valence-corrected chi connectivity index (χ1v) is 8.38. The second-order valence-electron chi connectivity index (χ2n) is 5.88. The first-order chi connectivity index (χ1) is 9.20. The summed E-state index contributed by atoms with van der Waals surface area (Å²) in [6.07, 6.45) is 7.67. The summed E-state index contributed by atoms with van der Waals surface area (Å²) in [6.45, 7) is 8.19. The van der Waals surface area contributed by atoms with E-state index in [4.69, 9.17) is 0 Å². The van der Waals surface area contributed by atoms with E-state index >= 15 is 0 Å². The van der Waals surface area contributed by atoms with E-state index in [2.05, 4.69) is 43.2 Å². The summed E-state index contributed by atoms with van der Waals surface area (Å²) in [4.78, 5) is 5.46. The van der Waals surface area contributed by atoms with Gasteiger partial charge in [-0.05, 0) is 49.8 Å². The van der Waals surface area contributed by atoms with Gasteiger partial charge in [0.25, 0.3) is 0 Å². The second kappa shape index (κ2) is 7.30. The Balaban J connectivity index is 2.04. The normalized spacial score (nSPS) is 31.3. The molecule has 19 heavy (non-hydrogen) atoms. The molecular formula is C16H26N2S. The summed E-state index contributed by atoms with van der Waals surface area (Å²) >= 11 is 2.03. The van der Waals surface area contributed by atoms with E-state index in [1.54, 1.807) is 0 Å². The maximum Gasteiger partial charge on any atom is 0.0278 e. The van der Waals surface area contributed by atoms with E-state index in [0.717, 1.165) is 18.4 Å². The third-order valence-corrected chi connectivity index (χ3v) is 5.58. The number of hydrogen-bond acceptors (Lipinski definition) is 3. The minimum Gasteiger partial charge on any atom is -0.313 e. The van der Waals surface area contributed by atoms with Gasteiger partial charge in [0.05, 0.1) is 0 Å². The molecule has 0 amide bonds. The Morgan fingerprint density at radius 1 is 1.26 bits per heavy atom. The highest BCUT2D eigenvalue weighted by Crippen LogP contribution is 2.39. The van der Waals surface area contributed by atoms with Crippen molar-refractivity contribution in [3.05, 3.63) is 24.5 Å². The molecule has 106 valence electrons. The molecule has 1 saturated carbocycles. The van der Waals surface area contributed by atoms with Crippen LogP contribution in [0.15, 0.2) is 29.4 Å². The molecule has 4 atom stereocenters. The number of rotatable bonds is 5. The smallest absolute Gasteiger partial charge is 0.0278 e. The second-order valence-corrected chi connectivity index (χ2v) is 7.13. The van der Waals surface area contributed by atoms with Gasteiger partial charge in [0.1, 0.15) is 0 Å². The lowest BCUT2D eigenvalue weighted by Crippen LogP contribution is -2.46. The lowest BCUT2D eigenvalue weighted by atomic mass is 9.80. The zero-order chi connectivity index (χ0) is 13.7. The molecule has 3 heteroatoms. The van der Waals surface area contributed by atoms with Gasteiger partial charge in [-0.3, -0.25) is 4.98 Å². The minimum atomic E-state index is 0.650. The van der Waals surface area contributed by atoms with Gasteiger partial charge in [-0.15, -0.1) is 11.8 Å². The maximum atomic E-state index is 4.11. The van der Waals surface area contributed by atoms with Crippen LogP contribution >= 0.6 is 11.8 Å². The van der Waals surface area contributed by atoms with E-state index in [0.29, 0.717) is 11.3 Å². The van der Waals surface area contributed by atoms with E-state index in [1.165, 1.54) is 24.2 Å². The first-order valence-electron chi connectivity index (χ1n) is 7.50. The Morgan fingerprint density at radius 3 is 2.68 bits per heavy atom. The topological polar surface area (TPSA) is 24.9 Å². The van der Waals surface area contributed by atoms with Crippen molar-refractivity contribution in [2.75, 3.05) is 6.54 Å². The number of thioether (sulfide) groups is 1. The van der Waals surface area contributed by atoms with Crippen molar-refractivity contribution in [3.63, 3.8) is 0 Å². The Hall–Kier alpha value is -0.540. The van der Waals surface area contributed by atoms with Gasteiger partial charge >= 0.3 is 0 Å². The number of aromatic nitrogens is 1. The molecule has 1 aliphatic rings. The molecule has 1 heterocycles. The lowest BCUT2D eigenvalue weighted by Gasteiger charge is -2.39. The van der Waals surface area contributed by atoms with E-state index in [-0.39, 0.29) is 0 Å². The molecule has 0 bridgehead atoms. The highest BCUT2D eigenvalue weighted by molar-refractivity contribution is 8.00. The molecule has 2 rings (SSSR count). The summed E-state index contributed by atoms with van der Waals surface area (Å²) in [5.41, 5.74) is 0. The van der Waals surface area contributed by atoms with Crippen LogP contribution in [0.1, 0.15) is 40.0 Å². The van der Waals surface area contributed by atoms with Gasteiger partial charge in [-0.1, -0.05) is 20.8 Å². The Labute approximate surface area is 121 Å². The summed E-state index contributed by atoms with van der Waals surface area (Å²) in [5, 5.41) is 4.45. The average molecular weight is 278 g/mol. The third kappa shape index (κ3) is 4.22. The standard InChI is InChI=1S/C16H26N2S/c1-4-7-18-15-11-12(2)10-13(3)16(15)19-14-5-8-17-9-6-14/h5-6,8-9,12-13,15-16,18H,4,7,10-11H2,1-3H3.